The average molecular weight is 424 g/mol. The zero-order valence-corrected chi connectivity index (χ0v) is 16.3. The summed E-state index contributed by atoms with van der Waals surface area (Å²) in [6.07, 6.45) is 3.80. The van der Waals surface area contributed by atoms with Crippen molar-refractivity contribution in [3.63, 3.8) is 0 Å². The van der Waals surface area contributed by atoms with Crippen LogP contribution in [0.2, 0.25) is 0 Å². The van der Waals surface area contributed by atoms with Crippen LogP contribution in [0.3, 0.4) is 0 Å². The van der Waals surface area contributed by atoms with Gasteiger partial charge in [0.05, 0.1) is 11.5 Å². The van der Waals surface area contributed by atoms with Gasteiger partial charge in [0.1, 0.15) is 6.61 Å². The smallest absolute Gasteiger partial charge is 0.410 e. The van der Waals surface area contributed by atoms with E-state index in [0.29, 0.717) is 5.56 Å². The Balaban J connectivity index is 1.74. The van der Waals surface area contributed by atoms with Crippen LogP contribution in [0.15, 0.2) is 24.3 Å². The highest BCUT2D eigenvalue weighted by Gasteiger charge is 2.29. The summed E-state index contributed by atoms with van der Waals surface area (Å²) < 4.78 is 9.60. The molecular weight excluding hydrogens is 400 g/mol. The summed E-state index contributed by atoms with van der Waals surface area (Å²) in [4.78, 5) is 49.7. The lowest BCUT2D eigenvalue weighted by Gasteiger charge is -2.27. The predicted molar refractivity (Wildman–Crippen MR) is 101 cm³/mol. The minimum absolute atomic E-state index is 0.0148. The summed E-state index contributed by atoms with van der Waals surface area (Å²) >= 11 is 0. The fraction of sp³-hybridized carbons (Fsp3) is 0.526. The van der Waals surface area contributed by atoms with Crippen LogP contribution in [0, 0.1) is 22.0 Å². The van der Waals surface area contributed by atoms with Gasteiger partial charge < -0.3 is 24.7 Å². The third-order valence-electron chi connectivity index (χ3n) is 4.88. The fourth-order valence-electron chi connectivity index (χ4n) is 3.37. The molecule has 1 aliphatic rings. The summed E-state index contributed by atoms with van der Waals surface area (Å²) in [5.74, 6) is -2.43. The number of hydrogen-bond acceptors (Lipinski definition) is 8. The molecule has 0 saturated heterocycles. The van der Waals surface area contributed by atoms with E-state index in [4.69, 9.17) is 9.47 Å². The van der Waals surface area contributed by atoms with Crippen molar-refractivity contribution in [3.05, 3.63) is 45.5 Å². The van der Waals surface area contributed by atoms with Gasteiger partial charge in [-0.25, -0.2) is 9.59 Å². The van der Waals surface area contributed by atoms with Crippen molar-refractivity contribution in [1.82, 2.24) is 5.32 Å². The van der Waals surface area contributed by atoms with Gasteiger partial charge in [0, 0.05) is 6.54 Å². The van der Waals surface area contributed by atoms with E-state index in [9.17, 15) is 29.6 Å². The topological polar surface area (TPSA) is 154 Å². The standard InChI is InChI=1S/C19H24N2O9/c22-17(23)16(14-6-2-1-3-7-14)10-20-19(25)29-12-28-18(24)15-8-4-5-13(9-15)11-30-21(26)27/h4-5,8-9,14,16H,1-3,6-7,10-12H2,(H,20,25)(H,22,23). The fourth-order valence-corrected chi connectivity index (χ4v) is 3.37. The molecule has 0 aromatic heterocycles. The van der Waals surface area contributed by atoms with Gasteiger partial charge in [-0.2, -0.15) is 0 Å². The van der Waals surface area contributed by atoms with Crippen molar-refractivity contribution in [2.45, 2.75) is 38.7 Å². The van der Waals surface area contributed by atoms with Crippen molar-refractivity contribution in [1.29, 1.82) is 0 Å². The van der Waals surface area contributed by atoms with E-state index in [1.54, 1.807) is 0 Å². The van der Waals surface area contributed by atoms with Crippen LogP contribution in [-0.4, -0.2) is 41.6 Å². The van der Waals surface area contributed by atoms with E-state index in [2.05, 4.69) is 10.2 Å². The Kier molecular flexibility index (Phi) is 8.85. The minimum Gasteiger partial charge on any atom is -0.481 e. The Morgan fingerprint density at radius 1 is 1.20 bits per heavy atom. The summed E-state index contributed by atoms with van der Waals surface area (Å²) in [7, 11) is 0. The maximum atomic E-state index is 12.0. The molecule has 0 spiro atoms. The number of carbonyl (C=O) groups is 3. The van der Waals surface area contributed by atoms with Crippen LogP contribution in [0.25, 0.3) is 0 Å². The highest BCUT2D eigenvalue weighted by Crippen LogP contribution is 2.30. The van der Waals surface area contributed by atoms with E-state index in [0.717, 1.165) is 32.1 Å². The van der Waals surface area contributed by atoms with Crippen molar-refractivity contribution < 1.29 is 38.9 Å². The predicted octanol–water partition coefficient (Wildman–Crippen LogP) is 2.52. The third-order valence-corrected chi connectivity index (χ3v) is 4.88. The zero-order valence-electron chi connectivity index (χ0n) is 16.3. The number of carboxylic acid groups (broad SMARTS) is 1. The number of carbonyl (C=O) groups excluding carboxylic acids is 2. The summed E-state index contributed by atoms with van der Waals surface area (Å²) in [6, 6.07) is 5.82. The second kappa shape index (κ2) is 11.6. The molecule has 1 saturated carbocycles. The molecule has 2 N–H and O–H groups in total. The average Bonchev–Trinajstić information content (AvgIpc) is 2.73. The van der Waals surface area contributed by atoms with Crippen LogP contribution in [0.5, 0.6) is 0 Å². The Morgan fingerprint density at radius 2 is 1.93 bits per heavy atom. The number of nitrogens with one attached hydrogen (secondary N) is 1. The number of ether oxygens (including phenoxy) is 2. The molecule has 1 unspecified atom stereocenters. The van der Waals surface area contributed by atoms with Crippen molar-refractivity contribution in [3.8, 4) is 0 Å². The Hall–Kier alpha value is -3.37. The SMILES string of the molecule is O=C(NCC(C(=O)O)C1CCCCC1)OCOC(=O)c1cccc(CO[N+](=O)[O-])c1. The maximum Gasteiger partial charge on any atom is 0.410 e. The Bertz CT molecular complexity index is 762. The van der Waals surface area contributed by atoms with Gasteiger partial charge in [0.2, 0.25) is 6.79 Å². The molecule has 11 nitrogen and oxygen atoms in total. The van der Waals surface area contributed by atoms with E-state index >= 15 is 0 Å². The van der Waals surface area contributed by atoms with Gasteiger partial charge in [0.15, 0.2) is 0 Å². The molecule has 2 rings (SSSR count). The molecule has 1 aromatic carbocycles. The van der Waals surface area contributed by atoms with Crippen molar-refractivity contribution >= 4 is 18.0 Å². The lowest BCUT2D eigenvalue weighted by Crippen LogP contribution is -2.38. The van der Waals surface area contributed by atoms with Gasteiger partial charge in [-0.15, -0.1) is 10.1 Å². The first-order valence-corrected chi connectivity index (χ1v) is 9.53. The van der Waals surface area contributed by atoms with Crippen molar-refractivity contribution in [2.24, 2.45) is 11.8 Å². The molecule has 164 valence electrons. The van der Waals surface area contributed by atoms with Crippen LogP contribution < -0.4 is 5.32 Å². The first kappa shape index (κ1) is 22.9. The van der Waals surface area contributed by atoms with Crippen LogP contribution in [0.4, 0.5) is 4.79 Å². The number of nitrogens with zero attached hydrogens (tertiary/aromatic N) is 1. The van der Waals surface area contributed by atoms with Crippen LogP contribution in [-0.2, 0) is 25.7 Å². The lowest BCUT2D eigenvalue weighted by molar-refractivity contribution is -0.763. The third kappa shape index (κ3) is 7.57. The highest BCUT2D eigenvalue weighted by atomic mass is 16.9. The van der Waals surface area contributed by atoms with Crippen molar-refractivity contribution in [2.75, 3.05) is 13.3 Å². The van der Waals surface area contributed by atoms with E-state index in [1.807, 2.05) is 0 Å². The molecule has 1 atom stereocenters. The van der Waals surface area contributed by atoms with Gasteiger partial charge in [-0.1, -0.05) is 31.4 Å². The van der Waals surface area contributed by atoms with Gasteiger partial charge in [-0.05, 0) is 36.5 Å². The molecule has 1 aromatic rings. The molecular formula is C19H24N2O9. The molecule has 30 heavy (non-hydrogen) atoms. The van der Waals surface area contributed by atoms with Gasteiger partial charge in [-0.3, -0.25) is 4.79 Å². The molecule has 0 heterocycles. The van der Waals surface area contributed by atoms with E-state index in [-0.39, 0.29) is 24.6 Å². The molecule has 1 amide bonds. The number of amides is 1. The quantitative estimate of drug-likeness (QED) is 0.249. The highest BCUT2D eigenvalue weighted by molar-refractivity contribution is 5.89. The summed E-state index contributed by atoms with van der Waals surface area (Å²) in [6.45, 7) is -1.05. The second-order valence-electron chi connectivity index (χ2n) is 6.90. The second-order valence-corrected chi connectivity index (χ2v) is 6.90. The Morgan fingerprint density at radius 3 is 2.60 bits per heavy atom. The normalized spacial score (nSPS) is 14.9. The number of benzene rings is 1. The summed E-state index contributed by atoms with van der Waals surface area (Å²) in [5.41, 5.74) is 0.494. The number of esters is 1. The minimum atomic E-state index is -0.963. The van der Waals surface area contributed by atoms with E-state index < -0.39 is 35.8 Å². The molecule has 0 radical (unpaired) electrons. The Labute approximate surface area is 172 Å². The largest absolute Gasteiger partial charge is 0.481 e. The molecule has 1 aliphatic carbocycles. The number of rotatable bonds is 10. The maximum absolute atomic E-state index is 12.0. The first-order chi connectivity index (χ1) is 14.4. The number of alkyl carbamates (subject to hydrolysis) is 1. The zero-order chi connectivity index (χ0) is 21.9. The molecule has 0 bridgehead atoms. The monoisotopic (exact) mass is 424 g/mol. The summed E-state index contributed by atoms with van der Waals surface area (Å²) in [5, 5.41) is 21.1. The molecule has 0 aliphatic heterocycles. The molecule has 11 heteroatoms. The number of carboxylic acids is 1. The van der Waals surface area contributed by atoms with Gasteiger partial charge in [0.25, 0.3) is 5.09 Å². The molecule has 1 fully saturated rings. The lowest BCUT2D eigenvalue weighted by atomic mass is 9.80. The first-order valence-electron chi connectivity index (χ1n) is 9.53. The van der Waals surface area contributed by atoms with Gasteiger partial charge >= 0.3 is 18.0 Å². The van der Waals surface area contributed by atoms with Crippen LogP contribution >= 0.6 is 0 Å². The van der Waals surface area contributed by atoms with Crippen LogP contribution in [0.1, 0.15) is 48.0 Å². The number of hydrogen-bond donors (Lipinski definition) is 2. The number of aliphatic carboxylic acids is 1. The van der Waals surface area contributed by atoms with E-state index in [1.165, 1.54) is 24.3 Å².